The standard InChI is InChI=1S/C14H10F2O2S/c15-10-2-1-3-11(7-10)19-8-9-4-5-12(14(17)18)13(16)6-9/h1-7H,8H2,(H,17,18). The van der Waals surface area contributed by atoms with Gasteiger partial charge in [-0.2, -0.15) is 0 Å². The summed E-state index contributed by atoms with van der Waals surface area (Å²) >= 11 is 1.36. The van der Waals surface area contributed by atoms with Crippen LogP contribution in [0.15, 0.2) is 47.4 Å². The molecule has 0 aromatic heterocycles. The van der Waals surface area contributed by atoms with Crippen LogP contribution in [-0.2, 0) is 5.75 Å². The molecular weight excluding hydrogens is 270 g/mol. The van der Waals surface area contributed by atoms with Crippen molar-refractivity contribution in [3.63, 3.8) is 0 Å². The molecule has 0 spiro atoms. The minimum absolute atomic E-state index is 0.322. The van der Waals surface area contributed by atoms with Crippen molar-refractivity contribution in [1.82, 2.24) is 0 Å². The quantitative estimate of drug-likeness (QED) is 0.861. The number of thioether (sulfide) groups is 1. The third-order valence-corrected chi connectivity index (χ3v) is 3.53. The van der Waals surface area contributed by atoms with Gasteiger partial charge in [-0.05, 0) is 35.9 Å². The molecule has 2 nitrogen and oxygen atoms in total. The Labute approximate surface area is 113 Å². The van der Waals surface area contributed by atoms with Crippen molar-refractivity contribution in [3.05, 3.63) is 65.2 Å². The van der Waals surface area contributed by atoms with Crippen LogP contribution in [0.2, 0.25) is 0 Å². The van der Waals surface area contributed by atoms with E-state index in [4.69, 9.17) is 5.11 Å². The minimum atomic E-state index is -1.29. The van der Waals surface area contributed by atoms with Gasteiger partial charge < -0.3 is 5.11 Å². The van der Waals surface area contributed by atoms with E-state index in [1.54, 1.807) is 18.2 Å². The minimum Gasteiger partial charge on any atom is -0.478 e. The first kappa shape index (κ1) is 13.5. The average molecular weight is 280 g/mol. The van der Waals surface area contributed by atoms with Crippen LogP contribution in [0.5, 0.6) is 0 Å². The predicted molar refractivity (Wildman–Crippen MR) is 69.3 cm³/mol. The summed E-state index contributed by atoms with van der Waals surface area (Å²) in [5.41, 5.74) is 0.302. The number of hydrogen-bond acceptors (Lipinski definition) is 2. The van der Waals surface area contributed by atoms with Crippen LogP contribution >= 0.6 is 11.8 Å². The molecule has 0 aliphatic heterocycles. The van der Waals surface area contributed by atoms with E-state index < -0.39 is 11.8 Å². The van der Waals surface area contributed by atoms with E-state index >= 15 is 0 Å². The van der Waals surface area contributed by atoms with Crippen LogP contribution in [0.4, 0.5) is 8.78 Å². The van der Waals surface area contributed by atoms with E-state index in [2.05, 4.69) is 0 Å². The van der Waals surface area contributed by atoms with Crippen LogP contribution in [0.1, 0.15) is 15.9 Å². The molecule has 1 N–H and O–H groups in total. The van der Waals surface area contributed by atoms with Crippen molar-refractivity contribution >= 4 is 17.7 Å². The van der Waals surface area contributed by atoms with Gasteiger partial charge in [0.2, 0.25) is 0 Å². The monoisotopic (exact) mass is 280 g/mol. The molecule has 0 saturated heterocycles. The third kappa shape index (κ3) is 3.54. The van der Waals surface area contributed by atoms with Gasteiger partial charge in [0.05, 0.1) is 5.56 Å². The van der Waals surface area contributed by atoms with Crippen molar-refractivity contribution in [2.75, 3.05) is 0 Å². The van der Waals surface area contributed by atoms with Crippen molar-refractivity contribution in [3.8, 4) is 0 Å². The lowest BCUT2D eigenvalue weighted by atomic mass is 10.1. The van der Waals surface area contributed by atoms with Gasteiger partial charge in [0.1, 0.15) is 11.6 Å². The number of rotatable bonds is 4. The van der Waals surface area contributed by atoms with Gasteiger partial charge in [-0.3, -0.25) is 0 Å². The predicted octanol–water partition coefficient (Wildman–Crippen LogP) is 3.96. The second kappa shape index (κ2) is 5.84. The summed E-state index contributed by atoms with van der Waals surface area (Å²) in [6, 6.07) is 10.1. The molecule has 2 aromatic rings. The molecule has 0 amide bonds. The van der Waals surface area contributed by atoms with Crippen molar-refractivity contribution < 1.29 is 18.7 Å². The molecule has 0 radical (unpaired) electrons. The van der Waals surface area contributed by atoms with Crippen molar-refractivity contribution in [2.24, 2.45) is 0 Å². The SMILES string of the molecule is O=C(O)c1ccc(CSc2cccc(F)c2)cc1F. The molecular formula is C14H10F2O2S. The second-order valence-corrected chi connectivity index (χ2v) is 4.91. The van der Waals surface area contributed by atoms with Crippen LogP contribution in [0, 0.1) is 11.6 Å². The Kier molecular flexibility index (Phi) is 4.16. The van der Waals surface area contributed by atoms with Gasteiger partial charge in [-0.15, -0.1) is 11.8 Å². The molecule has 5 heteroatoms. The van der Waals surface area contributed by atoms with E-state index in [0.717, 1.165) is 4.90 Å². The smallest absolute Gasteiger partial charge is 0.338 e. The zero-order chi connectivity index (χ0) is 13.8. The van der Waals surface area contributed by atoms with Crippen molar-refractivity contribution in [1.29, 1.82) is 0 Å². The first-order valence-corrected chi connectivity index (χ1v) is 6.45. The summed E-state index contributed by atoms with van der Waals surface area (Å²) in [7, 11) is 0. The first-order chi connectivity index (χ1) is 9.06. The van der Waals surface area contributed by atoms with E-state index in [9.17, 15) is 13.6 Å². The Balaban J connectivity index is 2.08. The zero-order valence-corrected chi connectivity index (χ0v) is 10.6. The molecule has 0 heterocycles. The maximum absolute atomic E-state index is 13.4. The lowest BCUT2D eigenvalue weighted by molar-refractivity contribution is 0.0692. The molecule has 0 bridgehead atoms. The molecule has 0 atom stereocenters. The molecule has 0 saturated carbocycles. The number of halogens is 2. The number of benzene rings is 2. The van der Waals surface area contributed by atoms with Gasteiger partial charge >= 0.3 is 5.97 Å². The highest BCUT2D eigenvalue weighted by atomic mass is 32.2. The Morgan fingerprint density at radius 3 is 2.58 bits per heavy atom. The molecule has 19 heavy (non-hydrogen) atoms. The Bertz CT molecular complexity index is 614. The summed E-state index contributed by atoms with van der Waals surface area (Å²) < 4.78 is 26.4. The fourth-order valence-corrected chi connectivity index (χ4v) is 2.43. The molecule has 0 unspecified atom stereocenters. The molecule has 98 valence electrons. The van der Waals surface area contributed by atoms with Gasteiger partial charge in [-0.25, -0.2) is 13.6 Å². The van der Waals surface area contributed by atoms with Crippen LogP contribution in [0.25, 0.3) is 0 Å². The Morgan fingerprint density at radius 2 is 1.95 bits per heavy atom. The number of hydrogen-bond donors (Lipinski definition) is 1. The van der Waals surface area contributed by atoms with Crippen LogP contribution in [-0.4, -0.2) is 11.1 Å². The molecule has 0 aliphatic rings. The molecule has 2 rings (SSSR count). The third-order valence-electron chi connectivity index (χ3n) is 2.47. The number of carboxylic acids is 1. The molecule has 2 aromatic carbocycles. The van der Waals surface area contributed by atoms with Gasteiger partial charge in [0.15, 0.2) is 0 Å². The van der Waals surface area contributed by atoms with E-state index in [1.165, 1.54) is 36.0 Å². The van der Waals surface area contributed by atoms with E-state index in [-0.39, 0.29) is 11.4 Å². The van der Waals surface area contributed by atoms with Gasteiger partial charge in [-0.1, -0.05) is 12.1 Å². The fourth-order valence-electron chi connectivity index (χ4n) is 1.55. The molecule has 0 aliphatic carbocycles. The zero-order valence-electron chi connectivity index (χ0n) is 9.77. The first-order valence-electron chi connectivity index (χ1n) is 5.46. The largest absolute Gasteiger partial charge is 0.478 e. The van der Waals surface area contributed by atoms with E-state index in [1.807, 2.05) is 0 Å². The summed E-state index contributed by atoms with van der Waals surface area (Å²) in [5, 5.41) is 8.71. The number of carboxylic acid groups (broad SMARTS) is 1. The van der Waals surface area contributed by atoms with Crippen LogP contribution < -0.4 is 0 Å². The summed E-state index contributed by atoms with van der Waals surface area (Å²) in [5.74, 6) is -1.93. The summed E-state index contributed by atoms with van der Waals surface area (Å²) in [4.78, 5) is 11.4. The topological polar surface area (TPSA) is 37.3 Å². The highest BCUT2D eigenvalue weighted by molar-refractivity contribution is 7.98. The highest BCUT2D eigenvalue weighted by Crippen LogP contribution is 2.24. The molecule has 0 fully saturated rings. The van der Waals surface area contributed by atoms with Crippen LogP contribution in [0.3, 0.4) is 0 Å². The Hall–Kier alpha value is -1.88. The Morgan fingerprint density at radius 1 is 1.16 bits per heavy atom. The number of aromatic carboxylic acids is 1. The van der Waals surface area contributed by atoms with Crippen molar-refractivity contribution in [2.45, 2.75) is 10.6 Å². The lowest BCUT2D eigenvalue weighted by Crippen LogP contribution is -2.00. The highest BCUT2D eigenvalue weighted by Gasteiger charge is 2.10. The van der Waals surface area contributed by atoms with Gasteiger partial charge in [0, 0.05) is 10.6 Å². The van der Waals surface area contributed by atoms with Gasteiger partial charge in [0.25, 0.3) is 0 Å². The lowest BCUT2D eigenvalue weighted by Gasteiger charge is -2.04. The average Bonchev–Trinajstić information content (AvgIpc) is 2.36. The summed E-state index contributed by atoms with van der Waals surface area (Å²) in [6.07, 6.45) is 0. The summed E-state index contributed by atoms with van der Waals surface area (Å²) in [6.45, 7) is 0. The maximum Gasteiger partial charge on any atom is 0.338 e. The second-order valence-electron chi connectivity index (χ2n) is 3.87. The van der Waals surface area contributed by atoms with E-state index in [0.29, 0.717) is 11.3 Å². The fraction of sp³-hybridized carbons (Fsp3) is 0.0714. The maximum atomic E-state index is 13.4. The number of carbonyl (C=O) groups is 1. The normalized spacial score (nSPS) is 10.4.